The van der Waals surface area contributed by atoms with E-state index in [0.717, 1.165) is 12.1 Å². The zero-order valence-electron chi connectivity index (χ0n) is 9.10. The van der Waals surface area contributed by atoms with Gasteiger partial charge in [0, 0.05) is 6.07 Å². The lowest BCUT2D eigenvalue weighted by molar-refractivity contribution is 0.466. The molecule has 19 heavy (non-hydrogen) atoms. The van der Waals surface area contributed by atoms with Gasteiger partial charge >= 0.3 is 0 Å². The summed E-state index contributed by atoms with van der Waals surface area (Å²) in [4.78, 5) is -1.93. The summed E-state index contributed by atoms with van der Waals surface area (Å²) in [5.74, 6) is -0.284. The Hall–Kier alpha value is -1.68. The third kappa shape index (κ3) is 2.68. The molecule has 0 saturated heterocycles. The van der Waals surface area contributed by atoms with Gasteiger partial charge < -0.3 is 5.11 Å². The second-order valence-corrected chi connectivity index (χ2v) is 6.46. The Balaban J connectivity index is 2.99. The maximum atomic E-state index is 11.1. The first kappa shape index (κ1) is 13.7. The van der Waals surface area contributed by atoms with Crippen LogP contribution in [0.2, 0.25) is 0 Å². The summed E-state index contributed by atoms with van der Waals surface area (Å²) in [6, 6.07) is 6.57. The van der Waals surface area contributed by atoms with Gasteiger partial charge in [-0.2, -0.15) is 16.8 Å². The van der Waals surface area contributed by atoms with Crippen molar-refractivity contribution in [1.29, 1.82) is 0 Å². The topological polar surface area (TPSA) is 129 Å². The van der Waals surface area contributed by atoms with Gasteiger partial charge in [-0.25, -0.2) is 0 Å². The number of rotatable bonds is 2. The van der Waals surface area contributed by atoms with Crippen LogP contribution in [0.15, 0.2) is 34.1 Å². The summed E-state index contributed by atoms with van der Waals surface area (Å²) in [7, 11) is -9.70. The van der Waals surface area contributed by atoms with Crippen LogP contribution in [0.3, 0.4) is 0 Å². The van der Waals surface area contributed by atoms with E-state index in [2.05, 4.69) is 6.07 Å². The molecule has 101 valence electrons. The average molecular weight is 303 g/mol. The molecule has 0 bridgehead atoms. The fraction of sp³-hybridized carbons (Fsp3) is 0. The van der Waals surface area contributed by atoms with Gasteiger partial charge in [-0.15, -0.1) is 0 Å². The molecule has 0 heterocycles. The maximum Gasteiger partial charge on any atom is 0.295 e. The number of aromatic hydroxyl groups is 1. The van der Waals surface area contributed by atoms with Crippen LogP contribution in [0, 0.1) is 6.07 Å². The predicted molar refractivity (Wildman–Crippen MR) is 64.1 cm³/mol. The monoisotopic (exact) mass is 303 g/mol. The van der Waals surface area contributed by atoms with Crippen LogP contribution in [0.4, 0.5) is 0 Å². The molecular formula is C10H7O7S2. The van der Waals surface area contributed by atoms with Gasteiger partial charge in [-0.05, 0) is 29.0 Å². The summed E-state index contributed by atoms with van der Waals surface area (Å²) in [5, 5.41) is 9.51. The van der Waals surface area contributed by atoms with Crippen molar-refractivity contribution in [2.24, 2.45) is 0 Å². The van der Waals surface area contributed by atoms with Crippen molar-refractivity contribution in [2.45, 2.75) is 9.79 Å². The van der Waals surface area contributed by atoms with E-state index in [1.54, 1.807) is 0 Å². The maximum absolute atomic E-state index is 11.1. The lowest BCUT2D eigenvalue weighted by Gasteiger charge is -2.07. The van der Waals surface area contributed by atoms with Gasteiger partial charge in [0.25, 0.3) is 20.2 Å². The number of phenolic OH excluding ortho intramolecular Hbond substituents is 1. The van der Waals surface area contributed by atoms with Crippen molar-refractivity contribution in [3.8, 4) is 5.75 Å². The molecule has 3 N–H and O–H groups in total. The van der Waals surface area contributed by atoms with E-state index < -0.39 is 30.0 Å². The molecule has 0 aliphatic carbocycles. The summed E-state index contributed by atoms with van der Waals surface area (Å²) in [6.45, 7) is 0. The van der Waals surface area contributed by atoms with Gasteiger partial charge in [0.05, 0.1) is 0 Å². The zero-order valence-corrected chi connectivity index (χ0v) is 10.7. The third-order valence-electron chi connectivity index (χ3n) is 2.36. The number of hydrogen-bond acceptors (Lipinski definition) is 5. The van der Waals surface area contributed by atoms with E-state index in [-0.39, 0.29) is 16.5 Å². The second kappa shape index (κ2) is 4.17. The Bertz CT molecular complexity index is 866. The van der Waals surface area contributed by atoms with E-state index in [4.69, 9.17) is 9.11 Å². The van der Waals surface area contributed by atoms with E-state index in [9.17, 15) is 21.9 Å². The number of benzene rings is 2. The molecule has 0 aromatic heterocycles. The molecular weight excluding hydrogens is 296 g/mol. The van der Waals surface area contributed by atoms with E-state index in [1.165, 1.54) is 12.1 Å². The summed E-state index contributed by atoms with van der Waals surface area (Å²) in [5.41, 5.74) is 0. The van der Waals surface area contributed by atoms with Gasteiger partial charge in [-0.1, -0.05) is 6.07 Å². The van der Waals surface area contributed by atoms with Crippen molar-refractivity contribution in [3.05, 3.63) is 30.3 Å². The normalized spacial score (nSPS) is 12.7. The van der Waals surface area contributed by atoms with Gasteiger partial charge in [0.15, 0.2) is 0 Å². The molecule has 2 aromatic rings. The molecule has 7 nitrogen and oxygen atoms in total. The molecule has 2 rings (SSSR count). The Morgan fingerprint density at radius 1 is 0.895 bits per heavy atom. The van der Waals surface area contributed by atoms with Gasteiger partial charge in [0.1, 0.15) is 15.5 Å². The highest BCUT2D eigenvalue weighted by Crippen LogP contribution is 2.28. The number of phenols is 1. The van der Waals surface area contributed by atoms with Crippen LogP contribution in [-0.4, -0.2) is 31.0 Å². The molecule has 0 spiro atoms. The van der Waals surface area contributed by atoms with Gasteiger partial charge in [0.2, 0.25) is 0 Å². The van der Waals surface area contributed by atoms with Crippen LogP contribution in [-0.2, 0) is 20.2 Å². The van der Waals surface area contributed by atoms with Crippen molar-refractivity contribution >= 4 is 31.0 Å². The van der Waals surface area contributed by atoms with E-state index >= 15 is 0 Å². The highest BCUT2D eigenvalue weighted by Gasteiger charge is 2.24. The standard InChI is InChI=1S/C10H7O7S2/c11-8-2-1-6-4-9(18(12,13)14)10(19(15,16)17)5-7(6)3-8/h1-2,4-5,11H,(H,12,13,14)(H,15,16,17). The summed E-state index contributed by atoms with van der Waals surface area (Å²) < 4.78 is 62.5. The van der Waals surface area contributed by atoms with Crippen LogP contribution in [0.25, 0.3) is 10.8 Å². The molecule has 0 aliphatic rings. The first-order chi connectivity index (χ1) is 8.59. The quantitative estimate of drug-likeness (QED) is 0.701. The molecule has 0 amide bonds. The lowest BCUT2D eigenvalue weighted by Crippen LogP contribution is -2.08. The van der Waals surface area contributed by atoms with Crippen LogP contribution < -0.4 is 0 Å². The fourth-order valence-electron chi connectivity index (χ4n) is 1.57. The predicted octanol–water partition coefficient (Wildman–Crippen LogP) is 0.839. The Morgan fingerprint density at radius 3 is 1.95 bits per heavy atom. The van der Waals surface area contributed by atoms with Crippen LogP contribution in [0.5, 0.6) is 5.75 Å². The molecule has 0 aliphatic heterocycles. The van der Waals surface area contributed by atoms with Gasteiger partial charge in [-0.3, -0.25) is 9.11 Å². The molecule has 0 unspecified atom stereocenters. The Labute approximate surface area is 108 Å². The lowest BCUT2D eigenvalue weighted by atomic mass is 10.1. The SMILES string of the molecule is O=S(=O)(O)c1cc2[c]c(O)ccc2cc1S(=O)(=O)O. The summed E-state index contributed by atoms with van der Waals surface area (Å²) >= 11 is 0. The number of hydrogen-bond donors (Lipinski definition) is 3. The minimum atomic E-state index is -4.86. The molecule has 9 heteroatoms. The first-order valence-electron chi connectivity index (χ1n) is 4.73. The molecule has 1 radical (unpaired) electrons. The van der Waals surface area contributed by atoms with Crippen LogP contribution in [0.1, 0.15) is 0 Å². The summed E-state index contributed by atoms with van der Waals surface area (Å²) in [6.07, 6.45) is 0. The van der Waals surface area contributed by atoms with Crippen molar-refractivity contribution in [3.63, 3.8) is 0 Å². The van der Waals surface area contributed by atoms with Crippen molar-refractivity contribution < 1.29 is 31.0 Å². The van der Waals surface area contributed by atoms with E-state index in [1.807, 2.05) is 0 Å². The minimum Gasteiger partial charge on any atom is -0.507 e. The zero-order chi connectivity index (χ0) is 14.4. The molecule has 0 saturated carbocycles. The molecule has 0 atom stereocenters. The van der Waals surface area contributed by atoms with Crippen molar-refractivity contribution in [2.75, 3.05) is 0 Å². The third-order valence-corrected chi connectivity index (χ3v) is 4.27. The van der Waals surface area contributed by atoms with Crippen molar-refractivity contribution in [1.82, 2.24) is 0 Å². The minimum absolute atomic E-state index is 0.0695. The Morgan fingerprint density at radius 2 is 1.42 bits per heavy atom. The largest absolute Gasteiger partial charge is 0.507 e. The van der Waals surface area contributed by atoms with Crippen LogP contribution >= 0.6 is 0 Å². The number of fused-ring (bicyclic) bond motifs is 1. The fourth-order valence-corrected chi connectivity index (χ4v) is 3.37. The highest BCUT2D eigenvalue weighted by molar-refractivity contribution is 7.89. The Kier molecular flexibility index (Phi) is 3.01. The average Bonchev–Trinajstić information content (AvgIpc) is 2.24. The first-order valence-corrected chi connectivity index (χ1v) is 7.61. The van der Waals surface area contributed by atoms with E-state index in [0.29, 0.717) is 0 Å². The highest BCUT2D eigenvalue weighted by atomic mass is 32.2. The second-order valence-electron chi connectivity index (χ2n) is 3.68. The smallest absolute Gasteiger partial charge is 0.295 e. The molecule has 0 fully saturated rings. The molecule has 2 aromatic carbocycles.